The number of epoxide rings is 1. The Morgan fingerprint density at radius 2 is 1.93 bits per heavy atom. The van der Waals surface area contributed by atoms with E-state index in [4.69, 9.17) is 18.9 Å². The average Bonchev–Trinajstić information content (AvgIpc) is 3.70. The van der Waals surface area contributed by atoms with Gasteiger partial charge in [0.2, 0.25) is 0 Å². The van der Waals surface area contributed by atoms with Crippen LogP contribution in [-0.2, 0) is 25.4 Å². The highest BCUT2D eigenvalue weighted by atomic mass is 16.6. The number of rotatable bonds is 3. The molecule has 222 valence electrons. The SMILES string of the molecule is C=C1C[C@H](C)C[C@@H]2CC=C[C@@H](Cc3ccccc3C(=O)O[C@H]([C@@H](O)C=C[C@@H]3CC(C)=CCO3)C[C@@H]3O[C@H]3[C@@H](O)C1)O2. The predicted molar refractivity (Wildman–Crippen MR) is 156 cm³/mol. The number of fused-ring (bicyclic) bond motifs is 4. The lowest BCUT2D eigenvalue weighted by Crippen LogP contribution is -2.33. The summed E-state index contributed by atoms with van der Waals surface area (Å²) in [5, 5.41) is 22.1. The van der Waals surface area contributed by atoms with Crippen LogP contribution < -0.4 is 0 Å². The molecule has 1 aromatic carbocycles. The van der Waals surface area contributed by atoms with E-state index in [0.29, 0.717) is 30.9 Å². The summed E-state index contributed by atoms with van der Waals surface area (Å²) in [6.07, 6.45) is 10.8. The van der Waals surface area contributed by atoms with Gasteiger partial charge >= 0.3 is 5.97 Å². The highest BCUT2D eigenvalue weighted by Crippen LogP contribution is 2.35. The third-order valence-corrected chi connectivity index (χ3v) is 8.47. The van der Waals surface area contributed by atoms with Crippen molar-refractivity contribution in [3.05, 3.63) is 83.5 Å². The maximum atomic E-state index is 13.6. The van der Waals surface area contributed by atoms with E-state index in [-0.39, 0.29) is 36.9 Å². The first-order chi connectivity index (χ1) is 19.7. The Morgan fingerprint density at radius 1 is 1.10 bits per heavy atom. The number of hydrogen-bond acceptors (Lipinski definition) is 7. The summed E-state index contributed by atoms with van der Waals surface area (Å²) in [7, 11) is 0. The second-order valence-electron chi connectivity index (χ2n) is 12.2. The van der Waals surface area contributed by atoms with Gasteiger partial charge in [0.25, 0.3) is 0 Å². The van der Waals surface area contributed by atoms with Crippen molar-refractivity contribution in [2.24, 2.45) is 5.92 Å². The number of carbonyl (C=O) groups is 1. The number of aliphatic hydroxyl groups is 2. The maximum absolute atomic E-state index is 13.6. The third-order valence-electron chi connectivity index (χ3n) is 8.47. The van der Waals surface area contributed by atoms with Gasteiger partial charge in [-0.2, -0.15) is 0 Å². The minimum atomic E-state index is -1.06. The van der Waals surface area contributed by atoms with E-state index in [9.17, 15) is 15.0 Å². The van der Waals surface area contributed by atoms with Crippen LogP contribution in [0.2, 0.25) is 0 Å². The normalized spacial score (nSPS) is 35.9. The van der Waals surface area contributed by atoms with E-state index in [0.717, 1.165) is 36.8 Å². The smallest absolute Gasteiger partial charge is 0.338 e. The van der Waals surface area contributed by atoms with Gasteiger partial charge in [-0.05, 0) is 56.6 Å². The first-order valence-corrected chi connectivity index (χ1v) is 15.0. The highest BCUT2D eigenvalue weighted by molar-refractivity contribution is 5.91. The van der Waals surface area contributed by atoms with E-state index < -0.39 is 24.3 Å². The number of carbonyl (C=O) groups excluding carboxylic acids is 1. The summed E-state index contributed by atoms with van der Waals surface area (Å²) >= 11 is 0. The number of ether oxygens (including phenoxy) is 4. The fourth-order valence-corrected chi connectivity index (χ4v) is 6.26. The molecule has 0 unspecified atom stereocenters. The van der Waals surface area contributed by atoms with Gasteiger partial charge in [-0.1, -0.05) is 73.2 Å². The summed E-state index contributed by atoms with van der Waals surface area (Å²) in [6.45, 7) is 9.02. The summed E-state index contributed by atoms with van der Waals surface area (Å²) in [4.78, 5) is 13.6. The molecule has 0 amide bonds. The van der Waals surface area contributed by atoms with Crippen molar-refractivity contribution in [1.82, 2.24) is 0 Å². The van der Waals surface area contributed by atoms with E-state index in [1.807, 2.05) is 30.4 Å². The summed E-state index contributed by atoms with van der Waals surface area (Å²) in [5.74, 6) is -0.134. The van der Waals surface area contributed by atoms with E-state index in [1.165, 1.54) is 5.57 Å². The molecular weight excluding hydrogens is 520 g/mol. The molecule has 9 atom stereocenters. The van der Waals surface area contributed by atoms with E-state index in [2.05, 4.69) is 32.6 Å². The Balaban J connectivity index is 1.37. The zero-order chi connectivity index (χ0) is 28.9. The van der Waals surface area contributed by atoms with Crippen LogP contribution in [0.4, 0.5) is 0 Å². The zero-order valence-corrected chi connectivity index (χ0v) is 24.2. The predicted octanol–water partition coefficient (Wildman–Crippen LogP) is 5.02. The molecule has 0 radical (unpaired) electrons. The molecule has 1 fully saturated rings. The summed E-state index contributed by atoms with van der Waals surface area (Å²) in [6, 6.07) is 7.42. The lowest BCUT2D eigenvalue weighted by atomic mass is 9.90. The second-order valence-corrected chi connectivity index (χ2v) is 12.2. The first-order valence-electron chi connectivity index (χ1n) is 15.0. The van der Waals surface area contributed by atoms with Crippen LogP contribution in [0.3, 0.4) is 0 Å². The van der Waals surface area contributed by atoms with Crippen LogP contribution in [0.15, 0.2) is 72.4 Å². The molecule has 1 aromatic rings. The van der Waals surface area contributed by atoms with Crippen LogP contribution in [0.25, 0.3) is 0 Å². The quantitative estimate of drug-likeness (QED) is 0.302. The Morgan fingerprint density at radius 3 is 2.76 bits per heavy atom. The Bertz CT molecular complexity index is 1170. The highest BCUT2D eigenvalue weighted by Gasteiger charge is 2.47. The van der Waals surface area contributed by atoms with E-state index in [1.54, 1.807) is 12.1 Å². The van der Waals surface area contributed by atoms with Gasteiger partial charge < -0.3 is 29.2 Å². The topological polar surface area (TPSA) is 97.8 Å². The molecule has 4 heterocycles. The lowest BCUT2D eigenvalue weighted by Gasteiger charge is -2.29. The van der Waals surface area contributed by atoms with Crippen LogP contribution in [0.5, 0.6) is 0 Å². The molecule has 0 saturated carbocycles. The van der Waals surface area contributed by atoms with Crippen LogP contribution in [-0.4, -0.2) is 71.6 Å². The molecule has 0 spiro atoms. The minimum absolute atomic E-state index is 0.0885. The lowest BCUT2D eigenvalue weighted by molar-refractivity contribution is -0.0107. The van der Waals surface area contributed by atoms with Gasteiger partial charge in [0, 0.05) is 12.8 Å². The number of aliphatic hydroxyl groups excluding tert-OH is 2. The molecule has 5 rings (SSSR count). The number of esters is 1. The standard InChI is InChI=1S/C34H44O7/c1-21-13-14-38-25(16-21)11-12-29(35)31-20-32-33(40-32)30(36)18-23(3)15-22(2)17-26-8-6-9-27(39-26)19-24-7-4-5-10-28(24)34(37)41-31/h4-7,9-13,22,25-27,29-33,35-36H,3,8,14-20H2,1-2H3/t22-,25+,26-,27-,29-,30-,31-,32-,33-/m0/s1. The van der Waals surface area contributed by atoms with Gasteiger partial charge in [-0.25, -0.2) is 4.79 Å². The van der Waals surface area contributed by atoms with Crippen molar-refractivity contribution in [3.8, 4) is 0 Å². The average molecular weight is 565 g/mol. The fraction of sp³-hybridized carbons (Fsp3) is 0.559. The Hall–Kier alpha value is -2.55. The molecule has 0 aliphatic carbocycles. The van der Waals surface area contributed by atoms with Crippen molar-refractivity contribution in [3.63, 3.8) is 0 Å². The molecule has 4 aliphatic rings. The first kappa shape index (κ1) is 29.9. The fourth-order valence-electron chi connectivity index (χ4n) is 6.26. The van der Waals surface area contributed by atoms with Crippen LogP contribution >= 0.6 is 0 Å². The Kier molecular flexibility index (Phi) is 9.94. The van der Waals surface area contributed by atoms with Crippen molar-refractivity contribution < 1.29 is 34.0 Å². The molecule has 2 N–H and O–H groups in total. The number of cyclic esters (lactones) is 1. The molecule has 4 aliphatic heterocycles. The summed E-state index contributed by atoms with van der Waals surface area (Å²) in [5.41, 5.74) is 3.53. The van der Waals surface area contributed by atoms with E-state index >= 15 is 0 Å². The zero-order valence-electron chi connectivity index (χ0n) is 24.2. The van der Waals surface area contributed by atoms with Crippen molar-refractivity contribution in [2.45, 2.75) is 108 Å². The number of hydrogen-bond donors (Lipinski definition) is 2. The van der Waals surface area contributed by atoms with Crippen LogP contribution in [0, 0.1) is 5.92 Å². The van der Waals surface area contributed by atoms with Gasteiger partial charge in [-0.15, -0.1) is 0 Å². The molecule has 1 saturated heterocycles. The van der Waals surface area contributed by atoms with Gasteiger partial charge in [0.05, 0.1) is 42.7 Å². The number of benzene rings is 1. The van der Waals surface area contributed by atoms with Crippen LogP contribution in [0.1, 0.15) is 68.3 Å². The summed E-state index contributed by atoms with van der Waals surface area (Å²) < 4.78 is 24.0. The molecule has 2 bridgehead atoms. The minimum Gasteiger partial charge on any atom is -0.456 e. The van der Waals surface area contributed by atoms with Gasteiger partial charge in [0.1, 0.15) is 18.3 Å². The van der Waals surface area contributed by atoms with Crippen molar-refractivity contribution >= 4 is 5.97 Å². The molecule has 7 nitrogen and oxygen atoms in total. The monoisotopic (exact) mass is 564 g/mol. The van der Waals surface area contributed by atoms with Crippen molar-refractivity contribution in [2.75, 3.05) is 6.61 Å². The van der Waals surface area contributed by atoms with Gasteiger partial charge in [0.15, 0.2) is 0 Å². The molecule has 41 heavy (non-hydrogen) atoms. The molecular formula is C34H44O7. The second kappa shape index (κ2) is 13.6. The third kappa shape index (κ3) is 8.27. The molecule has 7 heteroatoms. The van der Waals surface area contributed by atoms with Crippen molar-refractivity contribution in [1.29, 1.82) is 0 Å². The Labute approximate surface area is 243 Å². The molecule has 0 aromatic heterocycles. The maximum Gasteiger partial charge on any atom is 0.338 e. The largest absolute Gasteiger partial charge is 0.456 e. The van der Waals surface area contributed by atoms with Gasteiger partial charge in [-0.3, -0.25) is 0 Å².